The van der Waals surface area contributed by atoms with E-state index in [4.69, 9.17) is 0 Å². The van der Waals surface area contributed by atoms with Gasteiger partial charge >= 0.3 is 5.97 Å². The summed E-state index contributed by atoms with van der Waals surface area (Å²) < 4.78 is 29.1. The van der Waals surface area contributed by atoms with Crippen LogP contribution in [-0.4, -0.2) is 55.9 Å². The molecule has 1 rings (SSSR count). The van der Waals surface area contributed by atoms with Gasteiger partial charge in [0.1, 0.15) is 0 Å². The van der Waals surface area contributed by atoms with Crippen LogP contribution in [0.3, 0.4) is 0 Å². The number of piperidine rings is 1. The van der Waals surface area contributed by atoms with Gasteiger partial charge in [0.05, 0.1) is 13.2 Å². The van der Waals surface area contributed by atoms with Gasteiger partial charge in [-0.1, -0.05) is 6.92 Å². The summed E-state index contributed by atoms with van der Waals surface area (Å²) in [6.45, 7) is 2.29. The van der Waals surface area contributed by atoms with Crippen molar-refractivity contribution in [1.82, 2.24) is 4.31 Å². The summed E-state index contributed by atoms with van der Waals surface area (Å²) in [6.07, 6.45) is -0.0636. The molecule has 1 fully saturated rings. The zero-order valence-corrected chi connectivity index (χ0v) is 10.2. The lowest BCUT2D eigenvalue weighted by atomic mass is 9.99. The zero-order valence-electron chi connectivity index (χ0n) is 9.42. The summed E-state index contributed by atoms with van der Waals surface area (Å²) in [6, 6.07) is 0. The van der Waals surface area contributed by atoms with E-state index in [9.17, 15) is 18.3 Å². The number of carbonyl (C=O) groups is 1. The van der Waals surface area contributed by atoms with E-state index in [2.05, 4.69) is 4.74 Å². The highest BCUT2D eigenvalue weighted by atomic mass is 32.2. The molecule has 0 aromatic rings. The molecule has 1 aliphatic rings. The lowest BCUT2D eigenvalue weighted by molar-refractivity contribution is -0.137. The molecule has 16 heavy (non-hydrogen) atoms. The minimum Gasteiger partial charge on any atom is -0.468 e. The first-order chi connectivity index (χ1) is 7.36. The van der Waals surface area contributed by atoms with E-state index < -0.39 is 27.8 Å². The molecule has 1 heterocycles. The molecule has 0 saturated carbocycles. The Morgan fingerprint density at radius 3 is 2.69 bits per heavy atom. The predicted molar refractivity (Wildman–Crippen MR) is 57.2 cm³/mol. The standard InChI is InChI=1S/C9H17NO5S/c1-7-5-10(4-3-8(7)11)16(13,14)6-9(12)15-2/h7-8,11H,3-6H2,1-2H3. The molecule has 0 amide bonds. The zero-order chi connectivity index (χ0) is 12.3. The number of rotatable bonds is 3. The van der Waals surface area contributed by atoms with Gasteiger partial charge in [-0.05, 0) is 12.3 Å². The fourth-order valence-electron chi connectivity index (χ4n) is 1.65. The van der Waals surface area contributed by atoms with Crippen molar-refractivity contribution < 1.29 is 23.1 Å². The molecule has 0 radical (unpaired) electrons. The molecule has 1 N–H and O–H groups in total. The molecule has 0 aromatic carbocycles. The lowest BCUT2D eigenvalue weighted by Gasteiger charge is -2.33. The Hall–Kier alpha value is -0.660. The van der Waals surface area contributed by atoms with Gasteiger partial charge in [0.15, 0.2) is 5.75 Å². The highest BCUT2D eigenvalue weighted by molar-refractivity contribution is 7.89. The molecule has 0 aliphatic carbocycles. The van der Waals surface area contributed by atoms with Crippen LogP contribution in [0.1, 0.15) is 13.3 Å². The molecular weight excluding hydrogens is 234 g/mol. The Kier molecular flexibility index (Phi) is 4.28. The van der Waals surface area contributed by atoms with Crippen LogP contribution in [0.4, 0.5) is 0 Å². The number of sulfonamides is 1. The quantitative estimate of drug-likeness (QED) is 0.663. The lowest BCUT2D eigenvalue weighted by Crippen LogP contribution is -2.46. The molecule has 0 bridgehead atoms. The van der Waals surface area contributed by atoms with Gasteiger partial charge in [0.2, 0.25) is 10.0 Å². The van der Waals surface area contributed by atoms with E-state index in [-0.39, 0.29) is 19.0 Å². The topological polar surface area (TPSA) is 83.9 Å². The van der Waals surface area contributed by atoms with Crippen LogP contribution in [-0.2, 0) is 19.6 Å². The van der Waals surface area contributed by atoms with Crippen molar-refractivity contribution in [3.63, 3.8) is 0 Å². The molecule has 7 heteroatoms. The Balaban J connectivity index is 2.67. The van der Waals surface area contributed by atoms with Crippen molar-refractivity contribution >= 4 is 16.0 Å². The first-order valence-corrected chi connectivity index (χ1v) is 6.70. The second-order valence-electron chi connectivity index (χ2n) is 4.02. The fourth-order valence-corrected chi connectivity index (χ4v) is 3.09. The minimum atomic E-state index is -3.60. The molecule has 0 spiro atoms. The number of aliphatic hydroxyl groups excluding tert-OH is 1. The summed E-state index contributed by atoms with van der Waals surface area (Å²) in [7, 11) is -2.45. The van der Waals surface area contributed by atoms with Crippen LogP contribution >= 0.6 is 0 Å². The van der Waals surface area contributed by atoms with E-state index in [0.29, 0.717) is 6.42 Å². The Labute approximate surface area is 95.2 Å². The average Bonchev–Trinajstić information content (AvgIpc) is 2.21. The van der Waals surface area contributed by atoms with Gasteiger partial charge in [0.25, 0.3) is 0 Å². The van der Waals surface area contributed by atoms with E-state index in [1.54, 1.807) is 6.92 Å². The third-order valence-electron chi connectivity index (χ3n) is 2.74. The smallest absolute Gasteiger partial charge is 0.322 e. The van der Waals surface area contributed by atoms with Gasteiger partial charge in [-0.3, -0.25) is 4.79 Å². The average molecular weight is 251 g/mol. The van der Waals surface area contributed by atoms with E-state index >= 15 is 0 Å². The Morgan fingerprint density at radius 2 is 2.19 bits per heavy atom. The van der Waals surface area contributed by atoms with Crippen molar-refractivity contribution in [2.24, 2.45) is 5.92 Å². The van der Waals surface area contributed by atoms with Crippen LogP contribution in [0.2, 0.25) is 0 Å². The fraction of sp³-hybridized carbons (Fsp3) is 0.889. The molecule has 6 nitrogen and oxygen atoms in total. The van der Waals surface area contributed by atoms with E-state index in [0.717, 1.165) is 7.11 Å². The third-order valence-corrected chi connectivity index (χ3v) is 4.46. The van der Waals surface area contributed by atoms with Crippen molar-refractivity contribution in [3.8, 4) is 0 Å². The second kappa shape index (κ2) is 5.11. The van der Waals surface area contributed by atoms with Crippen LogP contribution in [0.15, 0.2) is 0 Å². The van der Waals surface area contributed by atoms with Gasteiger partial charge in [0, 0.05) is 13.1 Å². The molecular formula is C9H17NO5S. The van der Waals surface area contributed by atoms with Gasteiger partial charge in [-0.25, -0.2) is 12.7 Å². The van der Waals surface area contributed by atoms with Gasteiger partial charge in [-0.15, -0.1) is 0 Å². The largest absolute Gasteiger partial charge is 0.468 e. The molecule has 2 unspecified atom stereocenters. The van der Waals surface area contributed by atoms with Crippen molar-refractivity contribution in [3.05, 3.63) is 0 Å². The van der Waals surface area contributed by atoms with E-state index in [1.807, 2.05) is 0 Å². The number of esters is 1. The molecule has 1 aliphatic heterocycles. The SMILES string of the molecule is COC(=O)CS(=O)(=O)N1CCC(O)C(C)C1. The highest BCUT2D eigenvalue weighted by Gasteiger charge is 2.32. The monoisotopic (exact) mass is 251 g/mol. The van der Waals surface area contributed by atoms with Crippen LogP contribution in [0.5, 0.6) is 0 Å². The maximum Gasteiger partial charge on any atom is 0.322 e. The Bertz CT molecular complexity index is 353. The normalized spacial score (nSPS) is 27.7. The van der Waals surface area contributed by atoms with E-state index in [1.165, 1.54) is 4.31 Å². The van der Waals surface area contributed by atoms with Crippen LogP contribution in [0, 0.1) is 5.92 Å². The number of hydrogen-bond donors (Lipinski definition) is 1. The first-order valence-electron chi connectivity index (χ1n) is 5.09. The van der Waals surface area contributed by atoms with Crippen molar-refractivity contribution in [2.45, 2.75) is 19.4 Å². The van der Waals surface area contributed by atoms with Crippen LogP contribution < -0.4 is 0 Å². The number of methoxy groups -OCH3 is 1. The molecule has 1 saturated heterocycles. The van der Waals surface area contributed by atoms with Crippen LogP contribution in [0.25, 0.3) is 0 Å². The highest BCUT2D eigenvalue weighted by Crippen LogP contribution is 2.19. The molecule has 2 atom stereocenters. The third kappa shape index (κ3) is 3.16. The summed E-state index contributed by atoms with van der Waals surface area (Å²) in [5, 5.41) is 9.48. The minimum absolute atomic E-state index is 0.110. The number of carbonyl (C=O) groups excluding carboxylic acids is 1. The summed E-state index contributed by atoms with van der Waals surface area (Å²) in [5.41, 5.74) is 0. The van der Waals surface area contributed by atoms with Crippen molar-refractivity contribution in [1.29, 1.82) is 0 Å². The second-order valence-corrected chi connectivity index (χ2v) is 5.99. The van der Waals surface area contributed by atoms with Crippen molar-refractivity contribution in [2.75, 3.05) is 26.0 Å². The summed E-state index contributed by atoms with van der Waals surface area (Å²) in [5.74, 6) is -1.51. The summed E-state index contributed by atoms with van der Waals surface area (Å²) in [4.78, 5) is 10.9. The molecule has 94 valence electrons. The maximum absolute atomic E-state index is 11.8. The van der Waals surface area contributed by atoms with Gasteiger partial charge < -0.3 is 9.84 Å². The predicted octanol–water partition coefficient (Wildman–Crippen LogP) is -0.808. The maximum atomic E-state index is 11.8. The number of aliphatic hydroxyl groups is 1. The number of ether oxygens (including phenoxy) is 1. The first kappa shape index (κ1) is 13.4. The molecule has 0 aromatic heterocycles. The summed E-state index contributed by atoms with van der Waals surface area (Å²) >= 11 is 0. The van der Waals surface area contributed by atoms with Gasteiger partial charge in [-0.2, -0.15) is 0 Å². The number of nitrogens with zero attached hydrogens (tertiary/aromatic N) is 1. The Morgan fingerprint density at radius 1 is 1.56 bits per heavy atom. The number of hydrogen-bond acceptors (Lipinski definition) is 5.